The summed E-state index contributed by atoms with van der Waals surface area (Å²) in [5.74, 6) is -0.735. The SMILES string of the molecule is COc1ccc(OC(F)(F)F)cc1C(=O)c1ccccc1. The fourth-order valence-corrected chi connectivity index (χ4v) is 1.81. The summed E-state index contributed by atoms with van der Waals surface area (Å²) in [4.78, 5) is 12.3. The third kappa shape index (κ3) is 3.75. The van der Waals surface area contributed by atoms with Crippen LogP contribution in [0.1, 0.15) is 15.9 Å². The fraction of sp³-hybridized carbons (Fsp3) is 0.133. The largest absolute Gasteiger partial charge is 0.573 e. The van der Waals surface area contributed by atoms with E-state index in [1.807, 2.05) is 0 Å². The summed E-state index contributed by atoms with van der Waals surface area (Å²) in [5, 5.41) is 0. The number of rotatable bonds is 4. The van der Waals surface area contributed by atoms with Crippen LogP contribution in [-0.2, 0) is 0 Å². The van der Waals surface area contributed by atoms with Gasteiger partial charge in [0.05, 0.1) is 12.7 Å². The highest BCUT2D eigenvalue weighted by molar-refractivity contribution is 6.10. The van der Waals surface area contributed by atoms with Gasteiger partial charge < -0.3 is 9.47 Å². The standard InChI is InChI=1S/C15H11F3O3/c1-20-13-8-7-11(21-15(16,17)18)9-12(13)14(19)10-5-3-2-4-6-10/h2-9H,1H3. The molecule has 0 atom stereocenters. The summed E-state index contributed by atoms with van der Waals surface area (Å²) in [7, 11) is 1.33. The second kappa shape index (κ2) is 5.87. The van der Waals surface area contributed by atoms with E-state index in [-0.39, 0.29) is 11.3 Å². The van der Waals surface area contributed by atoms with Crippen molar-refractivity contribution < 1.29 is 27.4 Å². The van der Waals surface area contributed by atoms with Gasteiger partial charge in [0, 0.05) is 5.56 Å². The van der Waals surface area contributed by atoms with Crippen molar-refractivity contribution in [1.29, 1.82) is 0 Å². The van der Waals surface area contributed by atoms with E-state index < -0.39 is 17.9 Å². The Kier molecular flexibility index (Phi) is 4.16. The second-order valence-corrected chi connectivity index (χ2v) is 4.11. The van der Waals surface area contributed by atoms with E-state index in [2.05, 4.69) is 4.74 Å². The van der Waals surface area contributed by atoms with Crippen molar-refractivity contribution in [2.45, 2.75) is 6.36 Å². The molecule has 0 unspecified atom stereocenters. The predicted molar refractivity (Wildman–Crippen MR) is 69.6 cm³/mol. The van der Waals surface area contributed by atoms with Crippen molar-refractivity contribution in [3.05, 3.63) is 59.7 Å². The van der Waals surface area contributed by atoms with Gasteiger partial charge in [0.2, 0.25) is 0 Å². The van der Waals surface area contributed by atoms with E-state index >= 15 is 0 Å². The van der Waals surface area contributed by atoms with Gasteiger partial charge in [-0.05, 0) is 18.2 Å². The molecule has 2 aromatic rings. The molecule has 0 saturated carbocycles. The lowest BCUT2D eigenvalue weighted by atomic mass is 10.0. The first-order valence-corrected chi connectivity index (χ1v) is 5.94. The first-order chi connectivity index (χ1) is 9.90. The molecule has 0 saturated heterocycles. The van der Waals surface area contributed by atoms with Gasteiger partial charge in [0.1, 0.15) is 11.5 Å². The number of ketones is 1. The van der Waals surface area contributed by atoms with Crippen molar-refractivity contribution in [2.75, 3.05) is 7.11 Å². The third-order valence-corrected chi connectivity index (χ3v) is 2.69. The lowest BCUT2D eigenvalue weighted by molar-refractivity contribution is -0.274. The zero-order chi connectivity index (χ0) is 15.5. The van der Waals surface area contributed by atoms with Crippen molar-refractivity contribution >= 4 is 5.78 Å². The summed E-state index contributed by atoms with van der Waals surface area (Å²) >= 11 is 0. The molecule has 2 aromatic carbocycles. The van der Waals surface area contributed by atoms with Gasteiger partial charge in [-0.25, -0.2) is 0 Å². The maximum atomic E-state index is 12.3. The van der Waals surface area contributed by atoms with Gasteiger partial charge >= 0.3 is 6.36 Å². The Morgan fingerprint density at radius 2 is 1.71 bits per heavy atom. The first-order valence-electron chi connectivity index (χ1n) is 5.94. The average molecular weight is 296 g/mol. The lowest BCUT2D eigenvalue weighted by Crippen LogP contribution is -2.17. The molecule has 0 heterocycles. The zero-order valence-corrected chi connectivity index (χ0v) is 11.0. The van der Waals surface area contributed by atoms with Crippen LogP contribution in [0, 0.1) is 0 Å². The highest BCUT2D eigenvalue weighted by Crippen LogP contribution is 2.29. The number of carbonyl (C=O) groups is 1. The minimum Gasteiger partial charge on any atom is -0.496 e. The zero-order valence-electron chi connectivity index (χ0n) is 11.0. The van der Waals surface area contributed by atoms with E-state index in [1.54, 1.807) is 30.3 Å². The van der Waals surface area contributed by atoms with Crippen molar-refractivity contribution in [1.82, 2.24) is 0 Å². The topological polar surface area (TPSA) is 35.5 Å². The van der Waals surface area contributed by atoms with Gasteiger partial charge in [0.25, 0.3) is 0 Å². The smallest absolute Gasteiger partial charge is 0.496 e. The van der Waals surface area contributed by atoms with Gasteiger partial charge in [-0.15, -0.1) is 13.2 Å². The van der Waals surface area contributed by atoms with Crippen molar-refractivity contribution in [3.63, 3.8) is 0 Å². The van der Waals surface area contributed by atoms with Crippen LogP contribution < -0.4 is 9.47 Å². The van der Waals surface area contributed by atoms with Gasteiger partial charge in [0.15, 0.2) is 5.78 Å². The monoisotopic (exact) mass is 296 g/mol. The van der Waals surface area contributed by atoms with E-state index in [0.717, 1.165) is 12.1 Å². The number of alkyl halides is 3. The molecule has 2 rings (SSSR count). The summed E-state index contributed by atoms with van der Waals surface area (Å²) in [6, 6.07) is 11.6. The highest BCUT2D eigenvalue weighted by atomic mass is 19.4. The molecule has 0 bridgehead atoms. The number of ether oxygens (including phenoxy) is 2. The van der Waals surface area contributed by atoms with Crippen LogP contribution in [0.3, 0.4) is 0 Å². The number of halogens is 3. The van der Waals surface area contributed by atoms with Crippen LogP contribution in [0.5, 0.6) is 11.5 Å². The van der Waals surface area contributed by atoms with E-state index in [0.29, 0.717) is 5.56 Å². The van der Waals surface area contributed by atoms with Crippen LogP contribution in [-0.4, -0.2) is 19.3 Å². The normalized spacial score (nSPS) is 11.0. The van der Waals surface area contributed by atoms with E-state index in [4.69, 9.17) is 4.74 Å². The highest BCUT2D eigenvalue weighted by Gasteiger charge is 2.31. The van der Waals surface area contributed by atoms with E-state index in [9.17, 15) is 18.0 Å². The Morgan fingerprint density at radius 1 is 1.05 bits per heavy atom. The van der Waals surface area contributed by atoms with Crippen LogP contribution in [0.2, 0.25) is 0 Å². The molecule has 0 aliphatic carbocycles. The molecule has 0 radical (unpaired) electrons. The average Bonchev–Trinajstić information content (AvgIpc) is 2.45. The molecule has 110 valence electrons. The molecule has 0 N–H and O–H groups in total. The molecule has 0 spiro atoms. The van der Waals surface area contributed by atoms with Gasteiger partial charge in [-0.2, -0.15) is 0 Å². The minimum absolute atomic E-state index is 0.00505. The predicted octanol–water partition coefficient (Wildman–Crippen LogP) is 3.82. The van der Waals surface area contributed by atoms with Gasteiger partial charge in [-0.1, -0.05) is 30.3 Å². The molecular formula is C15H11F3O3. The third-order valence-electron chi connectivity index (χ3n) is 2.69. The molecule has 0 aliphatic heterocycles. The molecule has 3 nitrogen and oxygen atoms in total. The van der Waals surface area contributed by atoms with E-state index in [1.165, 1.54) is 13.2 Å². The maximum absolute atomic E-state index is 12.3. The summed E-state index contributed by atoms with van der Waals surface area (Å²) < 4.78 is 45.6. The summed E-state index contributed by atoms with van der Waals surface area (Å²) in [5.41, 5.74) is 0.352. The number of benzene rings is 2. The Bertz CT molecular complexity index is 636. The minimum atomic E-state index is -4.82. The lowest BCUT2D eigenvalue weighted by Gasteiger charge is -2.12. The molecule has 0 fully saturated rings. The van der Waals surface area contributed by atoms with Crippen LogP contribution >= 0.6 is 0 Å². The molecular weight excluding hydrogens is 285 g/mol. The van der Waals surface area contributed by atoms with Crippen molar-refractivity contribution in [2.24, 2.45) is 0 Å². The molecule has 21 heavy (non-hydrogen) atoms. The first kappa shape index (κ1) is 14.9. The van der Waals surface area contributed by atoms with Crippen LogP contribution in [0.25, 0.3) is 0 Å². The number of hydrogen-bond acceptors (Lipinski definition) is 3. The van der Waals surface area contributed by atoms with Crippen molar-refractivity contribution in [3.8, 4) is 11.5 Å². The molecule has 0 aliphatic rings. The number of hydrogen-bond donors (Lipinski definition) is 0. The molecule has 0 aromatic heterocycles. The summed E-state index contributed by atoms with van der Waals surface area (Å²) in [6.07, 6.45) is -4.82. The summed E-state index contributed by atoms with van der Waals surface area (Å²) in [6.45, 7) is 0. The van der Waals surface area contributed by atoms with Crippen LogP contribution in [0.15, 0.2) is 48.5 Å². The van der Waals surface area contributed by atoms with Crippen LogP contribution in [0.4, 0.5) is 13.2 Å². The molecule has 0 amide bonds. The Morgan fingerprint density at radius 3 is 2.29 bits per heavy atom. The fourth-order valence-electron chi connectivity index (χ4n) is 1.81. The maximum Gasteiger partial charge on any atom is 0.573 e. The van der Waals surface area contributed by atoms with Gasteiger partial charge in [-0.3, -0.25) is 4.79 Å². The number of methoxy groups -OCH3 is 1. The Balaban J connectivity index is 2.41. The number of carbonyl (C=O) groups excluding carboxylic acids is 1. The Labute approximate surface area is 118 Å². The molecule has 6 heteroatoms. The second-order valence-electron chi connectivity index (χ2n) is 4.11. The Hall–Kier alpha value is -2.50. The quantitative estimate of drug-likeness (QED) is 0.804.